The normalized spacial score (nSPS) is 17.4. The van der Waals surface area contributed by atoms with Crippen LogP contribution in [-0.2, 0) is 9.47 Å². The van der Waals surface area contributed by atoms with E-state index >= 15 is 0 Å². The Hall–Kier alpha value is -0.160. The van der Waals surface area contributed by atoms with Crippen LogP contribution < -0.4 is 5.32 Å². The predicted molar refractivity (Wildman–Crippen MR) is 61.1 cm³/mol. The summed E-state index contributed by atoms with van der Waals surface area (Å²) in [7, 11) is 1.85. The number of rotatable bonds is 9. The summed E-state index contributed by atoms with van der Waals surface area (Å²) in [5.41, 5.74) is -0.245. The number of likely N-dealkylation sites (N-methyl/N-ethyl adjacent to an activating group) is 1. The second kappa shape index (κ2) is 8.05. The molecule has 92 valence electrons. The van der Waals surface area contributed by atoms with Gasteiger partial charge in [-0.1, -0.05) is 0 Å². The molecule has 0 aromatic heterocycles. The quantitative estimate of drug-likeness (QED) is 0.602. The number of hydrogen-bond donors (Lipinski definition) is 2. The van der Waals surface area contributed by atoms with Crippen LogP contribution in [0, 0.1) is 0 Å². The van der Waals surface area contributed by atoms with Crippen molar-refractivity contribution >= 4 is 0 Å². The molecule has 4 nitrogen and oxygen atoms in total. The average molecular weight is 219 g/mol. The Morgan fingerprint density at radius 1 is 1.47 bits per heavy atom. The second-order valence-electron chi connectivity index (χ2n) is 4.06. The molecule has 0 radical (unpaired) electrons. The number of nitrogens with one attached hydrogen (secondary N) is 1. The smallest absolute Gasteiger partial charge is 0.0780 e. The lowest BCUT2D eigenvalue weighted by Gasteiger charge is -2.27. The highest BCUT2D eigenvalue weighted by Gasteiger charge is 2.20. The lowest BCUT2D eigenvalue weighted by atomic mass is 10.0. The van der Waals surface area contributed by atoms with Gasteiger partial charge in [-0.2, -0.15) is 0 Å². The molecule has 0 heterocycles. The van der Waals surface area contributed by atoms with Crippen molar-refractivity contribution in [2.24, 2.45) is 0 Å². The third kappa shape index (κ3) is 6.84. The van der Waals surface area contributed by atoms with Crippen LogP contribution >= 0.6 is 0 Å². The van der Waals surface area contributed by atoms with Crippen molar-refractivity contribution in [1.29, 1.82) is 0 Å². The molecule has 0 aromatic rings. The maximum atomic E-state index is 9.15. The zero-order valence-electron chi connectivity index (χ0n) is 10.4. The summed E-state index contributed by atoms with van der Waals surface area (Å²) in [5, 5.41) is 12.2. The van der Waals surface area contributed by atoms with Gasteiger partial charge in [0, 0.05) is 18.8 Å². The average Bonchev–Trinajstić information content (AvgIpc) is 2.26. The monoisotopic (exact) mass is 219 g/mol. The van der Waals surface area contributed by atoms with E-state index in [-0.39, 0.29) is 18.2 Å². The van der Waals surface area contributed by atoms with E-state index in [9.17, 15) is 0 Å². The van der Waals surface area contributed by atoms with E-state index in [1.165, 1.54) is 0 Å². The van der Waals surface area contributed by atoms with Crippen molar-refractivity contribution in [3.63, 3.8) is 0 Å². The number of ether oxygens (including phenoxy) is 2. The zero-order chi connectivity index (χ0) is 11.7. The molecule has 0 aliphatic rings. The molecule has 15 heavy (non-hydrogen) atoms. The van der Waals surface area contributed by atoms with Crippen LogP contribution in [0.5, 0.6) is 0 Å². The summed E-state index contributed by atoms with van der Waals surface area (Å²) >= 11 is 0. The third-order valence-electron chi connectivity index (χ3n) is 2.57. The standard InChI is InChI=1S/C11H25NO3/c1-5-14-8-10(2)15-7-6-11(3,9-13)12-4/h10,12-13H,5-9H2,1-4H3. The van der Waals surface area contributed by atoms with Gasteiger partial charge < -0.3 is 19.9 Å². The maximum Gasteiger partial charge on any atom is 0.0780 e. The van der Waals surface area contributed by atoms with E-state index in [1.807, 2.05) is 27.8 Å². The highest BCUT2D eigenvalue weighted by molar-refractivity contribution is 4.79. The van der Waals surface area contributed by atoms with Crippen molar-refractivity contribution in [3.8, 4) is 0 Å². The fourth-order valence-electron chi connectivity index (χ4n) is 1.10. The first kappa shape index (κ1) is 14.8. The first-order valence-electron chi connectivity index (χ1n) is 5.57. The van der Waals surface area contributed by atoms with E-state index in [2.05, 4.69) is 5.32 Å². The highest BCUT2D eigenvalue weighted by atomic mass is 16.5. The van der Waals surface area contributed by atoms with Gasteiger partial charge in [0.1, 0.15) is 0 Å². The van der Waals surface area contributed by atoms with Gasteiger partial charge in [0.15, 0.2) is 0 Å². The van der Waals surface area contributed by atoms with Gasteiger partial charge in [-0.3, -0.25) is 0 Å². The molecule has 0 saturated heterocycles. The molecule has 0 spiro atoms. The first-order chi connectivity index (χ1) is 7.08. The van der Waals surface area contributed by atoms with Crippen molar-refractivity contribution in [1.82, 2.24) is 5.32 Å². The van der Waals surface area contributed by atoms with Crippen LogP contribution in [0.2, 0.25) is 0 Å². The minimum absolute atomic E-state index is 0.116. The van der Waals surface area contributed by atoms with Crippen LogP contribution in [0.25, 0.3) is 0 Å². The minimum Gasteiger partial charge on any atom is -0.394 e. The fraction of sp³-hybridized carbons (Fsp3) is 1.00. The van der Waals surface area contributed by atoms with Gasteiger partial charge in [-0.05, 0) is 34.2 Å². The molecule has 2 atom stereocenters. The number of aliphatic hydroxyl groups is 1. The largest absolute Gasteiger partial charge is 0.394 e. The van der Waals surface area contributed by atoms with Crippen LogP contribution in [0.15, 0.2) is 0 Å². The second-order valence-corrected chi connectivity index (χ2v) is 4.06. The van der Waals surface area contributed by atoms with Gasteiger partial charge in [0.25, 0.3) is 0 Å². The van der Waals surface area contributed by atoms with Crippen LogP contribution in [0.3, 0.4) is 0 Å². The first-order valence-corrected chi connectivity index (χ1v) is 5.57. The molecule has 0 bridgehead atoms. The Bertz CT molecular complexity index is 149. The Kier molecular flexibility index (Phi) is 7.96. The van der Waals surface area contributed by atoms with Crippen molar-refractivity contribution < 1.29 is 14.6 Å². The molecular formula is C11H25NO3. The number of hydrogen-bond acceptors (Lipinski definition) is 4. The topological polar surface area (TPSA) is 50.7 Å². The molecule has 0 aliphatic carbocycles. The van der Waals surface area contributed by atoms with Crippen molar-refractivity contribution in [3.05, 3.63) is 0 Å². The van der Waals surface area contributed by atoms with E-state index in [4.69, 9.17) is 14.6 Å². The summed E-state index contributed by atoms with van der Waals surface area (Å²) in [6.45, 7) is 8.04. The van der Waals surface area contributed by atoms with E-state index < -0.39 is 0 Å². The zero-order valence-corrected chi connectivity index (χ0v) is 10.4. The lowest BCUT2D eigenvalue weighted by Crippen LogP contribution is -2.44. The molecule has 0 rings (SSSR count). The van der Waals surface area contributed by atoms with Gasteiger partial charge in [0.05, 0.1) is 19.3 Å². The molecule has 0 aliphatic heterocycles. The van der Waals surface area contributed by atoms with Gasteiger partial charge in [0.2, 0.25) is 0 Å². The van der Waals surface area contributed by atoms with Gasteiger partial charge in [-0.15, -0.1) is 0 Å². The Balaban J connectivity index is 3.59. The third-order valence-corrected chi connectivity index (χ3v) is 2.57. The summed E-state index contributed by atoms with van der Waals surface area (Å²) < 4.78 is 10.8. The maximum absolute atomic E-state index is 9.15. The summed E-state index contributed by atoms with van der Waals surface area (Å²) in [5.74, 6) is 0. The molecule has 2 unspecified atom stereocenters. The van der Waals surface area contributed by atoms with Crippen molar-refractivity contribution in [2.45, 2.75) is 38.8 Å². The molecule has 4 heteroatoms. The Morgan fingerprint density at radius 3 is 2.60 bits per heavy atom. The molecule has 0 amide bonds. The SMILES string of the molecule is CCOCC(C)OCCC(C)(CO)NC. The fourth-order valence-corrected chi connectivity index (χ4v) is 1.10. The van der Waals surface area contributed by atoms with Gasteiger partial charge in [-0.25, -0.2) is 0 Å². The lowest BCUT2D eigenvalue weighted by molar-refractivity contribution is -0.0128. The molecule has 0 aromatic carbocycles. The molecular weight excluding hydrogens is 194 g/mol. The minimum atomic E-state index is -0.245. The van der Waals surface area contributed by atoms with E-state index in [1.54, 1.807) is 0 Å². The van der Waals surface area contributed by atoms with Crippen LogP contribution in [0.4, 0.5) is 0 Å². The molecule has 2 N–H and O–H groups in total. The Morgan fingerprint density at radius 2 is 2.13 bits per heavy atom. The predicted octanol–water partition coefficient (Wildman–Crippen LogP) is 0.788. The summed E-state index contributed by atoms with van der Waals surface area (Å²) in [6, 6.07) is 0. The summed E-state index contributed by atoms with van der Waals surface area (Å²) in [4.78, 5) is 0. The van der Waals surface area contributed by atoms with Gasteiger partial charge >= 0.3 is 0 Å². The highest BCUT2D eigenvalue weighted by Crippen LogP contribution is 2.08. The van der Waals surface area contributed by atoms with Crippen LogP contribution in [-0.4, -0.2) is 50.2 Å². The van der Waals surface area contributed by atoms with Crippen molar-refractivity contribution in [2.75, 3.05) is 33.5 Å². The van der Waals surface area contributed by atoms with E-state index in [0.717, 1.165) is 13.0 Å². The Labute approximate surface area is 93.0 Å². The van der Waals surface area contributed by atoms with Crippen LogP contribution in [0.1, 0.15) is 27.2 Å². The molecule has 0 fully saturated rings. The summed E-state index contributed by atoms with van der Waals surface area (Å²) in [6.07, 6.45) is 0.904. The molecule has 0 saturated carbocycles. The number of aliphatic hydroxyl groups excluding tert-OH is 1. The van der Waals surface area contributed by atoms with E-state index in [0.29, 0.717) is 13.2 Å².